The predicted molar refractivity (Wildman–Crippen MR) is 146 cm³/mol. The van der Waals surface area contributed by atoms with Crippen LogP contribution in [-0.2, 0) is 6.54 Å². The van der Waals surface area contributed by atoms with Crippen molar-refractivity contribution in [3.05, 3.63) is 101 Å². The van der Waals surface area contributed by atoms with Crippen molar-refractivity contribution in [2.75, 3.05) is 11.1 Å². The van der Waals surface area contributed by atoms with Crippen LogP contribution in [0.1, 0.15) is 15.4 Å². The van der Waals surface area contributed by atoms with E-state index in [2.05, 4.69) is 21.7 Å². The lowest BCUT2D eigenvalue weighted by Crippen LogP contribution is -2.11. The van der Waals surface area contributed by atoms with Crippen molar-refractivity contribution in [2.24, 2.45) is 0 Å². The first-order chi connectivity index (χ1) is 17.6. The number of nitrogen functional groups attached to an aromatic ring is 1. The highest BCUT2D eigenvalue weighted by Crippen LogP contribution is 2.32. The van der Waals surface area contributed by atoms with E-state index in [1.54, 1.807) is 22.1 Å². The molecule has 1 amide bonds. The number of carbonyl (C=O) groups is 1. The number of nitrogens with one attached hydrogen (secondary N) is 1. The molecule has 2 aromatic carbocycles. The van der Waals surface area contributed by atoms with Gasteiger partial charge in [-0.3, -0.25) is 9.78 Å². The van der Waals surface area contributed by atoms with Gasteiger partial charge in [0, 0.05) is 10.3 Å². The van der Waals surface area contributed by atoms with Gasteiger partial charge in [-0.1, -0.05) is 41.6 Å². The fourth-order valence-corrected chi connectivity index (χ4v) is 5.47. The molecule has 0 bridgehead atoms. The molecule has 4 aromatic heterocycles. The molecule has 0 spiro atoms. The Morgan fingerprint density at radius 3 is 2.78 bits per heavy atom. The highest BCUT2D eigenvalue weighted by atomic mass is 32.1. The van der Waals surface area contributed by atoms with Crippen LogP contribution in [0.25, 0.3) is 31.9 Å². The number of nitrogens with zero attached hydrogens (tertiary/aromatic N) is 4. The summed E-state index contributed by atoms with van der Waals surface area (Å²) in [5.74, 6) is -0.214. The second-order valence-corrected chi connectivity index (χ2v) is 10.2. The van der Waals surface area contributed by atoms with Gasteiger partial charge in [-0.2, -0.15) is 0 Å². The number of thiophene rings is 2. The molecule has 0 unspecified atom stereocenters. The monoisotopic (exact) mass is 508 g/mol. The van der Waals surface area contributed by atoms with Gasteiger partial charge < -0.3 is 11.1 Å². The van der Waals surface area contributed by atoms with Gasteiger partial charge >= 0.3 is 0 Å². The summed E-state index contributed by atoms with van der Waals surface area (Å²) in [5, 5.41) is 14.6. The fourth-order valence-electron chi connectivity index (χ4n) is 3.89. The molecule has 4 heterocycles. The lowest BCUT2D eigenvalue weighted by molar-refractivity contribution is 0.103. The molecule has 0 saturated heterocycles. The minimum absolute atomic E-state index is 0.214. The van der Waals surface area contributed by atoms with Crippen molar-refractivity contribution < 1.29 is 4.79 Å². The number of hydrogen-bond donors (Lipinski definition) is 2. The van der Waals surface area contributed by atoms with Crippen LogP contribution in [0.3, 0.4) is 0 Å². The van der Waals surface area contributed by atoms with E-state index in [0.29, 0.717) is 28.5 Å². The van der Waals surface area contributed by atoms with Gasteiger partial charge in [0.05, 0.1) is 45.1 Å². The molecule has 0 aliphatic rings. The summed E-state index contributed by atoms with van der Waals surface area (Å²) in [4.78, 5) is 20.2. The van der Waals surface area contributed by atoms with Crippen molar-refractivity contribution in [3.63, 3.8) is 0 Å². The maximum Gasteiger partial charge on any atom is 0.265 e. The molecule has 176 valence electrons. The number of nitrogens with two attached hydrogens (primary N) is 1. The summed E-state index contributed by atoms with van der Waals surface area (Å²) in [7, 11) is 0. The van der Waals surface area contributed by atoms with Crippen molar-refractivity contribution >= 4 is 50.9 Å². The van der Waals surface area contributed by atoms with Crippen LogP contribution >= 0.6 is 22.7 Å². The van der Waals surface area contributed by atoms with E-state index in [1.807, 2.05) is 78.3 Å². The van der Waals surface area contributed by atoms with Gasteiger partial charge in [0.15, 0.2) is 0 Å². The van der Waals surface area contributed by atoms with Crippen molar-refractivity contribution in [2.45, 2.75) is 6.54 Å². The Labute approximate surface area is 214 Å². The largest absolute Gasteiger partial charge is 0.397 e. The van der Waals surface area contributed by atoms with Gasteiger partial charge in [0.2, 0.25) is 0 Å². The number of aromatic nitrogens is 4. The highest BCUT2D eigenvalue weighted by molar-refractivity contribution is 7.17. The molecular formula is C27H20N6OS2. The minimum Gasteiger partial charge on any atom is -0.397 e. The van der Waals surface area contributed by atoms with Gasteiger partial charge in [-0.25, -0.2) is 4.68 Å². The van der Waals surface area contributed by atoms with Gasteiger partial charge in [-0.15, -0.1) is 27.8 Å². The number of rotatable bonds is 6. The zero-order valence-corrected chi connectivity index (χ0v) is 20.6. The molecule has 0 fully saturated rings. The number of hydrogen-bond acceptors (Lipinski definition) is 7. The first kappa shape index (κ1) is 22.1. The molecule has 9 heteroatoms. The molecule has 0 radical (unpaired) electrons. The van der Waals surface area contributed by atoms with Crippen molar-refractivity contribution in [1.82, 2.24) is 20.0 Å². The van der Waals surface area contributed by atoms with Crippen LogP contribution in [0.5, 0.6) is 0 Å². The molecule has 36 heavy (non-hydrogen) atoms. The molecule has 0 aliphatic carbocycles. The summed E-state index contributed by atoms with van der Waals surface area (Å²) in [6.45, 7) is 0.510. The second-order valence-electron chi connectivity index (χ2n) is 8.19. The maximum absolute atomic E-state index is 13.0. The summed E-state index contributed by atoms with van der Waals surface area (Å²) < 4.78 is 1.75. The first-order valence-corrected chi connectivity index (χ1v) is 12.9. The maximum atomic E-state index is 13.0. The van der Waals surface area contributed by atoms with E-state index in [9.17, 15) is 4.79 Å². The van der Waals surface area contributed by atoms with Crippen LogP contribution < -0.4 is 11.1 Å². The molecule has 0 aliphatic heterocycles. The van der Waals surface area contributed by atoms with Crippen LogP contribution in [-0.4, -0.2) is 25.9 Å². The molecule has 6 aromatic rings. The molecule has 6 rings (SSSR count). The van der Waals surface area contributed by atoms with Crippen molar-refractivity contribution in [1.29, 1.82) is 0 Å². The summed E-state index contributed by atoms with van der Waals surface area (Å²) >= 11 is 3.00. The van der Waals surface area contributed by atoms with E-state index in [0.717, 1.165) is 31.9 Å². The van der Waals surface area contributed by atoms with Gasteiger partial charge in [-0.05, 0) is 53.4 Å². The van der Waals surface area contributed by atoms with E-state index in [4.69, 9.17) is 10.7 Å². The quantitative estimate of drug-likeness (QED) is 0.262. The Hall–Kier alpha value is -4.34. The third kappa shape index (κ3) is 4.49. The summed E-state index contributed by atoms with van der Waals surface area (Å²) in [6.07, 6.45) is 1.87. The number of benzene rings is 2. The fraction of sp³-hybridized carbons (Fsp3) is 0.0370. The zero-order chi connectivity index (χ0) is 24.5. The molecule has 3 N–H and O–H groups in total. The lowest BCUT2D eigenvalue weighted by Gasteiger charge is -2.09. The van der Waals surface area contributed by atoms with Crippen molar-refractivity contribution in [3.8, 4) is 21.0 Å². The van der Waals surface area contributed by atoms with Gasteiger partial charge in [0.25, 0.3) is 5.91 Å². The van der Waals surface area contributed by atoms with E-state index in [1.165, 1.54) is 11.3 Å². The first-order valence-electron chi connectivity index (χ1n) is 11.2. The van der Waals surface area contributed by atoms with Gasteiger partial charge in [0.1, 0.15) is 5.69 Å². The topological polar surface area (TPSA) is 98.7 Å². The SMILES string of the molecule is Nc1ccc(-c2cccs2)cc1NC(=O)c1ccc(-c2cn(Cc3ccc4ccccc4n3)nn2)s1. The number of para-hydroxylation sites is 1. The Morgan fingerprint density at radius 1 is 0.972 bits per heavy atom. The normalized spacial score (nSPS) is 11.1. The summed E-state index contributed by atoms with van der Waals surface area (Å²) in [6, 6.07) is 25.4. The third-order valence-electron chi connectivity index (χ3n) is 5.71. The molecular weight excluding hydrogens is 488 g/mol. The van der Waals surface area contributed by atoms with E-state index >= 15 is 0 Å². The standard InChI is InChI=1S/C27H20N6OS2/c28-20-10-8-18(24-6-3-13-35-24)14-22(20)30-27(34)26-12-11-25(36-26)23-16-33(32-31-23)15-19-9-7-17-4-1-2-5-21(17)29-19/h1-14,16H,15,28H2,(H,30,34). The van der Waals surface area contributed by atoms with Crippen LogP contribution in [0.15, 0.2) is 90.4 Å². The molecule has 0 saturated carbocycles. The van der Waals surface area contributed by atoms with E-state index < -0.39 is 0 Å². The van der Waals surface area contributed by atoms with Crippen LogP contribution in [0.4, 0.5) is 11.4 Å². The Balaban J connectivity index is 1.17. The number of amides is 1. The van der Waals surface area contributed by atoms with Crippen LogP contribution in [0, 0.1) is 0 Å². The third-order valence-corrected chi connectivity index (χ3v) is 7.73. The zero-order valence-electron chi connectivity index (χ0n) is 19.0. The average molecular weight is 509 g/mol. The van der Waals surface area contributed by atoms with Crippen LogP contribution in [0.2, 0.25) is 0 Å². The second kappa shape index (κ2) is 9.37. The number of fused-ring (bicyclic) bond motifs is 1. The molecule has 0 atom stereocenters. The van der Waals surface area contributed by atoms with E-state index in [-0.39, 0.29) is 5.91 Å². The number of pyridine rings is 1. The number of carbonyl (C=O) groups excluding carboxylic acids is 1. The average Bonchev–Trinajstić information content (AvgIpc) is 3.67. The Morgan fingerprint density at radius 2 is 1.89 bits per heavy atom. The summed E-state index contributed by atoms with van der Waals surface area (Å²) in [5.41, 5.74) is 10.8. The minimum atomic E-state index is -0.214. The number of anilines is 2. The smallest absolute Gasteiger partial charge is 0.265 e. The highest BCUT2D eigenvalue weighted by Gasteiger charge is 2.15. The molecule has 7 nitrogen and oxygen atoms in total. The predicted octanol–water partition coefficient (Wildman–Crippen LogP) is 6.17. The Bertz CT molecular complexity index is 1690. The lowest BCUT2D eigenvalue weighted by atomic mass is 10.1. The Kier molecular flexibility index (Phi) is 5.76.